The third-order valence-corrected chi connectivity index (χ3v) is 2.80. The molecular weight excluding hydrogens is 204 g/mol. The molecule has 4 heteroatoms. The van der Waals surface area contributed by atoms with Crippen molar-refractivity contribution in [1.82, 2.24) is 10.2 Å². The number of hydrogen-bond acceptors (Lipinski definition) is 3. The molecule has 0 aromatic heterocycles. The van der Waals surface area contributed by atoms with Crippen molar-refractivity contribution >= 4 is 5.91 Å². The van der Waals surface area contributed by atoms with Gasteiger partial charge in [-0.2, -0.15) is 0 Å². The fourth-order valence-electron chi connectivity index (χ4n) is 1.83. The molecule has 0 aromatic rings. The van der Waals surface area contributed by atoms with E-state index < -0.39 is 0 Å². The van der Waals surface area contributed by atoms with Crippen molar-refractivity contribution in [3.05, 3.63) is 0 Å². The van der Waals surface area contributed by atoms with Gasteiger partial charge in [0, 0.05) is 6.54 Å². The van der Waals surface area contributed by atoms with Gasteiger partial charge in [-0.05, 0) is 20.3 Å². The second-order valence-electron chi connectivity index (χ2n) is 4.58. The number of nitrogens with zero attached hydrogens (tertiary/aromatic N) is 1. The Hall–Kier alpha value is -0.610. The summed E-state index contributed by atoms with van der Waals surface area (Å²) >= 11 is 0. The largest absolute Gasteiger partial charge is 0.377 e. The van der Waals surface area contributed by atoms with Gasteiger partial charge >= 0.3 is 0 Å². The fraction of sp³-hybridized carbons (Fsp3) is 0.917. The molecule has 1 heterocycles. The van der Waals surface area contributed by atoms with E-state index in [-0.39, 0.29) is 18.1 Å². The van der Waals surface area contributed by atoms with E-state index in [2.05, 4.69) is 12.2 Å². The summed E-state index contributed by atoms with van der Waals surface area (Å²) in [6.07, 6.45) is 3.44. The molecule has 0 radical (unpaired) electrons. The molecule has 1 atom stereocenters. The Morgan fingerprint density at radius 3 is 2.94 bits per heavy atom. The molecule has 1 unspecified atom stereocenters. The van der Waals surface area contributed by atoms with E-state index >= 15 is 0 Å². The van der Waals surface area contributed by atoms with Crippen LogP contribution in [-0.4, -0.2) is 42.8 Å². The van der Waals surface area contributed by atoms with Gasteiger partial charge in [0.25, 0.3) is 0 Å². The first-order valence-electron chi connectivity index (χ1n) is 6.29. The van der Waals surface area contributed by atoms with Crippen LogP contribution in [0.4, 0.5) is 0 Å². The zero-order valence-corrected chi connectivity index (χ0v) is 10.7. The van der Waals surface area contributed by atoms with Gasteiger partial charge in [0.15, 0.2) is 0 Å². The van der Waals surface area contributed by atoms with E-state index in [9.17, 15) is 4.79 Å². The number of amides is 1. The first-order chi connectivity index (χ1) is 7.65. The normalized spacial score (nSPS) is 21.1. The van der Waals surface area contributed by atoms with Gasteiger partial charge in [-0.25, -0.2) is 0 Å². The molecule has 0 aliphatic carbocycles. The van der Waals surface area contributed by atoms with E-state index in [1.807, 2.05) is 18.7 Å². The minimum absolute atomic E-state index is 0.0407. The molecule has 0 saturated carbocycles. The standard InChI is InChI=1S/C12H24N2O2/c1-4-5-6-11-12(15)14(9-13-11)7-8-16-10(2)3/h10-11,13H,4-9H2,1-3H3. The van der Waals surface area contributed by atoms with Crippen molar-refractivity contribution < 1.29 is 9.53 Å². The molecule has 0 spiro atoms. The first kappa shape index (κ1) is 13.5. The predicted molar refractivity (Wildman–Crippen MR) is 64.1 cm³/mol. The van der Waals surface area contributed by atoms with Crippen molar-refractivity contribution in [2.24, 2.45) is 0 Å². The van der Waals surface area contributed by atoms with Crippen molar-refractivity contribution in [2.45, 2.75) is 52.2 Å². The van der Waals surface area contributed by atoms with E-state index in [1.54, 1.807) is 0 Å². The number of hydrogen-bond donors (Lipinski definition) is 1. The summed E-state index contributed by atoms with van der Waals surface area (Å²) in [6, 6.07) is 0.0407. The molecule has 4 nitrogen and oxygen atoms in total. The average molecular weight is 228 g/mol. The van der Waals surface area contributed by atoms with Gasteiger partial charge in [-0.3, -0.25) is 10.1 Å². The lowest BCUT2D eigenvalue weighted by Gasteiger charge is -2.16. The van der Waals surface area contributed by atoms with Crippen LogP contribution in [0.3, 0.4) is 0 Å². The van der Waals surface area contributed by atoms with Crippen LogP contribution in [0.1, 0.15) is 40.0 Å². The molecule has 1 rings (SSSR count). The number of carbonyl (C=O) groups excluding carboxylic acids is 1. The number of nitrogens with one attached hydrogen (secondary N) is 1. The highest BCUT2D eigenvalue weighted by Gasteiger charge is 2.29. The van der Waals surface area contributed by atoms with Crippen LogP contribution in [0.5, 0.6) is 0 Å². The fourth-order valence-corrected chi connectivity index (χ4v) is 1.83. The molecule has 94 valence electrons. The number of carbonyl (C=O) groups is 1. The third kappa shape index (κ3) is 4.10. The summed E-state index contributed by atoms with van der Waals surface area (Å²) in [5.41, 5.74) is 0. The lowest BCUT2D eigenvalue weighted by atomic mass is 10.1. The number of unbranched alkanes of at least 4 members (excludes halogenated alkanes) is 1. The molecular formula is C12H24N2O2. The summed E-state index contributed by atoms with van der Waals surface area (Å²) in [5, 5.41) is 3.25. The maximum Gasteiger partial charge on any atom is 0.240 e. The Labute approximate surface area is 98.3 Å². The monoisotopic (exact) mass is 228 g/mol. The Morgan fingerprint density at radius 2 is 2.31 bits per heavy atom. The van der Waals surface area contributed by atoms with Gasteiger partial charge < -0.3 is 9.64 Å². The molecule has 0 bridgehead atoms. The zero-order valence-electron chi connectivity index (χ0n) is 10.7. The number of rotatable bonds is 7. The van der Waals surface area contributed by atoms with Gasteiger partial charge in [0.2, 0.25) is 5.91 Å². The zero-order chi connectivity index (χ0) is 12.0. The Balaban J connectivity index is 2.22. The molecule has 16 heavy (non-hydrogen) atoms. The second-order valence-corrected chi connectivity index (χ2v) is 4.58. The molecule has 1 amide bonds. The molecule has 1 N–H and O–H groups in total. The third-order valence-electron chi connectivity index (χ3n) is 2.80. The van der Waals surface area contributed by atoms with E-state index in [0.29, 0.717) is 19.8 Å². The lowest BCUT2D eigenvalue weighted by molar-refractivity contribution is -0.129. The van der Waals surface area contributed by atoms with Crippen molar-refractivity contribution in [3.8, 4) is 0 Å². The van der Waals surface area contributed by atoms with Gasteiger partial charge in [-0.15, -0.1) is 0 Å². The van der Waals surface area contributed by atoms with Crippen LogP contribution in [0.15, 0.2) is 0 Å². The smallest absolute Gasteiger partial charge is 0.240 e. The van der Waals surface area contributed by atoms with Crippen molar-refractivity contribution in [1.29, 1.82) is 0 Å². The highest BCUT2D eigenvalue weighted by molar-refractivity contribution is 5.83. The van der Waals surface area contributed by atoms with Gasteiger partial charge in [0.05, 0.1) is 25.4 Å². The van der Waals surface area contributed by atoms with Crippen molar-refractivity contribution in [2.75, 3.05) is 19.8 Å². The van der Waals surface area contributed by atoms with Crippen LogP contribution >= 0.6 is 0 Å². The molecule has 1 aliphatic rings. The van der Waals surface area contributed by atoms with Crippen LogP contribution in [0, 0.1) is 0 Å². The minimum Gasteiger partial charge on any atom is -0.377 e. The van der Waals surface area contributed by atoms with Crippen LogP contribution in [0.25, 0.3) is 0 Å². The van der Waals surface area contributed by atoms with Crippen LogP contribution < -0.4 is 5.32 Å². The quantitative estimate of drug-likeness (QED) is 0.715. The lowest BCUT2D eigenvalue weighted by Crippen LogP contribution is -2.33. The van der Waals surface area contributed by atoms with Crippen LogP contribution in [0.2, 0.25) is 0 Å². The SMILES string of the molecule is CCCCC1NCN(CCOC(C)C)C1=O. The molecule has 0 aromatic carbocycles. The highest BCUT2D eigenvalue weighted by Crippen LogP contribution is 2.10. The second kappa shape index (κ2) is 6.86. The summed E-state index contributed by atoms with van der Waals surface area (Å²) < 4.78 is 5.45. The number of ether oxygens (including phenoxy) is 1. The summed E-state index contributed by atoms with van der Waals surface area (Å²) in [5.74, 6) is 0.237. The molecule has 1 fully saturated rings. The van der Waals surface area contributed by atoms with Crippen molar-refractivity contribution in [3.63, 3.8) is 0 Å². The first-order valence-corrected chi connectivity index (χ1v) is 6.29. The molecule has 1 saturated heterocycles. The van der Waals surface area contributed by atoms with E-state index in [1.165, 1.54) is 0 Å². The Kier molecular flexibility index (Phi) is 5.77. The predicted octanol–water partition coefficient (Wildman–Crippen LogP) is 1.36. The Morgan fingerprint density at radius 1 is 1.56 bits per heavy atom. The van der Waals surface area contributed by atoms with Crippen LogP contribution in [-0.2, 0) is 9.53 Å². The topological polar surface area (TPSA) is 41.6 Å². The summed E-state index contributed by atoms with van der Waals surface area (Å²) in [6.45, 7) is 8.17. The van der Waals surface area contributed by atoms with Gasteiger partial charge in [0.1, 0.15) is 0 Å². The van der Waals surface area contributed by atoms with E-state index in [4.69, 9.17) is 4.74 Å². The Bertz CT molecular complexity index is 219. The minimum atomic E-state index is 0.0407. The average Bonchev–Trinajstić information content (AvgIpc) is 2.57. The van der Waals surface area contributed by atoms with Gasteiger partial charge in [-0.1, -0.05) is 19.8 Å². The summed E-state index contributed by atoms with van der Waals surface area (Å²) in [4.78, 5) is 13.7. The summed E-state index contributed by atoms with van der Waals surface area (Å²) in [7, 11) is 0. The highest BCUT2D eigenvalue weighted by atomic mass is 16.5. The maximum atomic E-state index is 11.9. The molecule has 1 aliphatic heterocycles. The maximum absolute atomic E-state index is 11.9. The van der Waals surface area contributed by atoms with E-state index in [0.717, 1.165) is 19.3 Å².